The first-order valence-corrected chi connectivity index (χ1v) is 10.5. The zero-order chi connectivity index (χ0) is 20.5. The number of likely N-dealkylation sites (tertiary alicyclic amines) is 1. The van der Waals surface area contributed by atoms with Gasteiger partial charge in [-0.25, -0.2) is 4.39 Å². The largest absolute Gasteiger partial charge is 0.352 e. The van der Waals surface area contributed by atoms with Crippen LogP contribution in [0.4, 0.5) is 4.39 Å². The van der Waals surface area contributed by atoms with Crippen LogP contribution in [0.1, 0.15) is 55.1 Å². The number of carbonyl (C=O) groups is 2. The average Bonchev–Trinajstić information content (AvgIpc) is 3.33. The van der Waals surface area contributed by atoms with Crippen LogP contribution in [-0.4, -0.2) is 52.9 Å². The standard InChI is InChI=1S/C22H29FN4O2/c1-13-6-7-19(23)18-11-20(26-21(13)18)22(29)25-15-4-3-5-17(10-15)27-9-8-16(12-27)24-14(2)28/h6-7,11,15-17,26H,3-5,8-10,12H2,1-2H3,(H,24,28)(H,25,29)/t15-,16?,17+/m1/s1. The molecular weight excluding hydrogens is 371 g/mol. The number of H-pyrrole nitrogens is 1. The number of amides is 2. The summed E-state index contributed by atoms with van der Waals surface area (Å²) < 4.78 is 14.1. The molecule has 1 aliphatic carbocycles. The van der Waals surface area contributed by atoms with Gasteiger partial charge in [0.15, 0.2) is 0 Å². The Morgan fingerprint density at radius 2 is 2.00 bits per heavy atom. The fraction of sp³-hybridized carbons (Fsp3) is 0.545. The normalized spacial score (nSPS) is 25.3. The molecule has 4 rings (SSSR count). The van der Waals surface area contributed by atoms with Crippen molar-refractivity contribution in [3.63, 3.8) is 0 Å². The summed E-state index contributed by atoms with van der Waals surface area (Å²) in [6.07, 6.45) is 5.03. The molecule has 1 aromatic heterocycles. The number of hydrogen-bond donors (Lipinski definition) is 3. The fourth-order valence-corrected chi connectivity index (χ4v) is 4.86. The maximum absolute atomic E-state index is 14.1. The van der Waals surface area contributed by atoms with Gasteiger partial charge in [-0.1, -0.05) is 6.07 Å². The summed E-state index contributed by atoms with van der Waals surface area (Å²) in [5.41, 5.74) is 2.00. The molecule has 1 unspecified atom stereocenters. The Kier molecular flexibility index (Phi) is 5.58. The van der Waals surface area contributed by atoms with E-state index in [1.807, 2.05) is 6.92 Å². The van der Waals surface area contributed by atoms with Gasteiger partial charge in [0.25, 0.3) is 5.91 Å². The van der Waals surface area contributed by atoms with Crippen molar-refractivity contribution >= 4 is 22.7 Å². The Balaban J connectivity index is 1.38. The van der Waals surface area contributed by atoms with Gasteiger partial charge in [0.2, 0.25) is 5.91 Å². The molecule has 1 aliphatic heterocycles. The molecule has 3 atom stereocenters. The summed E-state index contributed by atoms with van der Waals surface area (Å²) in [6.45, 7) is 5.32. The van der Waals surface area contributed by atoms with Crippen molar-refractivity contribution in [3.05, 3.63) is 35.3 Å². The highest BCUT2D eigenvalue weighted by atomic mass is 19.1. The third kappa shape index (κ3) is 4.29. The summed E-state index contributed by atoms with van der Waals surface area (Å²) in [5.74, 6) is -0.472. The zero-order valence-electron chi connectivity index (χ0n) is 17.1. The van der Waals surface area contributed by atoms with Crippen LogP contribution in [0.5, 0.6) is 0 Å². The molecule has 2 fully saturated rings. The lowest BCUT2D eigenvalue weighted by Crippen LogP contribution is -2.46. The quantitative estimate of drug-likeness (QED) is 0.739. The minimum atomic E-state index is -0.318. The van der Waals surface area contributed by atoms with Gasteiger partial charge in [-0.05, 0) is 56.7 Å². The Bertz CT molecular complexity index is 886. The van der Waals surface area contributed by atoms with E-state index in [2.05, 4.69) is 20.5 Å². The minimum Gasteiger partial charge on any atom is -0.352 e. The molecule has 7 heteroatoms. The third-order valence-electron chi connectivity index (χ3n) is 6.32. The van der Waals surface area contributed by atoms with E-state index in [1.165, 1.54) is 6.07 Å². The summed E-state index contributed by atoms with van der Waals surface area (Å²) in [7, 11) is 0. The van der Waals surface area contributed by atoms with Gasteiger partial charge in [0.1, 0.15) is 11.5 Å². The first-order chi connectivity index (χ1) is 13.9. The predicted octanol–water partition coefficient (Wildman–Crippen LogP) is 2.87. The lowest BCUT2D eigenvalue weighted by Gasteiger charge is -2.35. The van der Waals surface area contributed by atoms with Crippen LogP contribution in [0.2, 0.25) is 0 Å². The highest BCUT2D eigenvalue weighted by Crippen LogP contribution is 2.27. The number of aromatic amines is 1. The van der Waals surface area contributed by atoms with Crippen LogP contribution < -0.4 is 10.6 Å². The van der Waals surface area contributed by atoms with Crippen molar-refractivity contribution in [2.45, 2.75) is 64.1 Å². The molecule has 0 spiro atoms. The molecule has 1 aromatic carbocycles. The molecule has 6 nitrogen and oxygen atoms in total. The molecule has 2 amide bonds. The Hall–Kier alpha value is -2.41. The molecule has 0 bridgehead atoms. The smallest absolute Gasteiger partial charge is 0.267 e. The first-order valence-electron chi connectivity index (χ1n) is 10.5. The van der Waals surface area contributed by atoms with Gasteiger partial charge >= 0.3 is 0 Å². The lowest BCUT2D eigenvalue weighted by molar-refractivity contribution is -0.119. The van der Waals surface area contributed by atoms with E-state index in [-0.39, 0.29) is 29.7 Å². The number of rotatable bonds is 4. The van der Waals surface area contributed by atoms with E-state index in [9.17, 15) is 14.0 Å². The van der Waals surface area contributed by atoms with Gasteiger partial charge in [-0.3, -0.25) is 14.5 Å². The molecule has 3 N–H and O–H groups in total. The number of nitrogens with zero attached hydrogens (tertiary/aromatic N) is 1. The number of carbonyl (C=O) groups excluding carboxylic acids is 2. The maximum atomic E-state index is 14.1. The molecule has 29 heavy (non-hydrogen) atoms. The van der Waals surface area contributed by atoms with Crippen molar-refractivity contribution in [3.8, 4) is 0 Å². The zero-order valence-corrected chi connectivity index (χ0v) is 17.1. The van der Waals surface area contributed by atoms with E-state index in [1.54, 1.807) is 19.1 Å². The van der Waals surface area contributed by atoms with Crippen molar-refractivity contribution in [1.82, 2.24) is 20.5 Å². The van der Waals surface area contributed by atoms with Gasteiger partial charge in [0, 0.05) is 43.5 Å². The summed E-state index contributed by atoms with van der Waals surface area (Å²) in [4.78, 5) is 29.6. The van der Waals surface area contributed by atoms with Crippen molar-refractivity contribution < 1.29 is 14.0 Å². The molecule has 2 heterocycles. The summed E-state index contributed by atoms with van der Waals surface area (Å²) in [6, 6.07) is 5.52. The minimum absolute atomic E-state index is 0.0237. The van der Waals surface area contributed by atoms with E-state index in [0.717, 1.165) is 50.8 Å². The maximum Gasteiger partial charge on any atom is 0.267 e. The average molecular weight is 400 g/mol. The van der Waals surface area contributed by atoms with Crippen LogP contribution >= 0.6 is 0 Å². The summed E-state index contributed by atoms with van der Waals surface area (Å²) >= 11 is 0. The van der Waals surface area contributed by atoms with Crippen LogP contribution in [0, 0.1) is 12.7 Å². The van der Waals surface area contributed by atoms with E-state index < -0.39 is 0 Å². The van der Waals surface area contributed by atoms with Crippen molar-refractivity contribution in [2.24, 2.45) is 0 Å². The van der Waals surface area contributed by atoms with Crippen LogP contribution in [0.3, 0.4) is 0 Å². The van der Waals surface area contributed by atoms with E-state index in [0.29, 0.717) is 22.6 Å². The highest BCUT2D eigenvalue weighted by Gasteiger charge is 2.32. The van der Waals surface area contributed by atoms with E-state index >= 15 is 0 Å². The Morgan fingerprint density at radius 1 is 1.17 bits per heavy atom. The molecule has 2 aliphatic rings. The Labute approximate surface area is 170 Å². The van der Waals surface area contributed by atoms with Gasteiger partial charge < -0.3 is 15.6 Å². The Morgan fingerprint density at radius 3 is 2.76 bits per heavy atom. The molecular formula is C22H29FN4O2. The predicted molar refractivity (Wildman–Crippen MR) is 110 cm³/mol. The molecule has 1 saturated heterocycles. The van der Waals surface area contributed by atoms with Gasteiger partial charge in [0.05, 0.1) is 5.52 Å². The molecule has 2 aromatic rings. The molecule has 156 valence electrons. The first kappa shape index (κ1) is 19.9. The van der Waals surface area contributed by atoms with Crippen LogP contribution in [0.15, 0.2) is 18.2 Å². The van der Waals surface area contributed by atoms with Crippen LogP contribution in [0.25, 0.3) is 10.9 Å². The van der Waals surface area contributed by atoms with Crippen molar-refractivity contribution in [1.29, 1.82) is 0 Å². The van der Waals surface area contributed by atoms with Gasteiger partial charge in [-0.15, -0.1) is 0 Å². The topological polar surface area (TPSA) is 77.2 Å². The van der Waals surface area contributed by atoms with E-state index in [4.69, 9.17) is 0 Å². The number of benzene rings is 1. The number of aromatic nitrogens is 1. The molecule has 1 saturated carbocycles. The number of aryl methyl sites for hydroxylation is 1. The number of fused-ring (bicyclic) bond motifs is 1. The number of hydrogen-bond acceptors (Lipinski definition) is 3. The van der Waals surface area contributed by atoms with Crippen molar-refractivity contribution in [2.75, 3.05) is 13.1 Å². The van der Waals surface area contributed by atoms with Gasteiger partial charge in [-0.2, -0.15) is 0 Å². The highest BCUT2D eigenvalue weighted by molar-refractivity contribution is 5.99. The second-order valence-corrected chi connectivity index (χ2v) is 8.51. The second-order valence-electron chi connectivity index (χ2n) is 8.51. The lowest BCUT2D eigenvalue weighted by atomic mass is 9.90. The number of nitrogens with one attached hydrogen (secondary N) is 3. The fourth-order valence-electron chi connectivity index (χ4n) is 4.86. The second kappa shape index (κ2) is 8.14. The van der Waals surface area contributed by atoms with Crippen LogP contribution in [-0.2, 0) is 4.79 Å². The monoisotopic (exact) mass is 400 g/mol. The SMILES string of the molecule is CC(=O)NC1CCN([C@H]2CCC[C@@H](NC(=O)c3cc4c(F)ccc(C)c4[nH]3)C2)C1. The number of halogens is 1. The molecule has 0 radical (unpaired) electrons. The summed E-state index contributed by atoms with van der Waals surface area (Å²) in [5, 5.41) is 6.61. The third-order valence-corrected chi connectivity index (χ3v) is 6.32.